The monoisotopic (exact) mass is 567 g/mol. The van der Waals surface area contributed by atoms with E-state index in [4.69, 9.17) is 21.7 Å². The van der Waals surface area contributed by atoms with Crippen molar-refractivity contribution in [1.82, 2.24) is 0 Å². The number of carbonyl (C=O) groups is 2. The summed E-state index contributed by atoms with van der Waals surface area (Å²) in [6.07, 6.45) is 2.21. The Kier molecular flexibility index (Phi) is 9.06. The number of carbonyl (C=O) groups excluding carboxylic acids is 2. The van der Waals surface area contributed by atoms with Gasteiger partial charge in [0.25, 0.3) is 0 Å². The summed E-state index contributed by atoms with van der Waals surface area (Å²) in [6, 6.07) is 15.7. The van der Waals surface area contributed by atoms with Crippen LogP contribution >= 0.6 is 35.7 Å². The van der Waals surface area contributed by atoms with E-state index in [0.717, 1.165) is 44.4 Å². The highest BCUT2D eigenvalue weighted by Crippen LogP contribution is 2.58. The highest BCUT2D eigenvalue weighted by Gasteiger charge is 2.45. The molecule has 0 unspecified atom stereocenters. The summed E-state index contributed by atoms with van der Waals surface area (Å²) in [7, 11) is 0. The Balaban J connectivity index is 1.90. The summed E-state index contributed by atoms with van der Waals surface area (Å²) in [5.41, 5.74) is 2.73. The minimum atomic E-state index is -0.733. The smallest absolute Gasteiger partial charge is 0.346 e. The lowest BCUT2D eigenvalue weighted by Crippen LogP contribution is -2.55. The molecule has 0 spiro atoms. The Morgan fingerprint density at radius 3 is 2.39 bits per heavy atom. The standard InChI is InChI=1S/C30H33NO4S3/c1-6-9-15-23(32)31-22-17-16-20(34-7-2)18-21(22)24(27(36)30(31,4)5)29-37-25(19-13-11-10-12-14-19)26(38-29)28(33)35-8-3/h10-14,16-18H,6-9,15H2,1-5H3. The van der Waals surface area contributed by atoms with Crippen LogP contribution in [0.3, 0.4) is 0 Å². The van der Waals surface area contributed by atoms with Crippen LogP contribution in [0.25, 0.3) is 10.5 Å². The molecule has 0 N–H and O–H groups in total. The molecule has 2 heterocycles. The second-order valence-corrected chi connectivity index (χ2v) is 12.2. The average molecular weight is 568 g/mol. The van der Waals surface area contributed by atoms with Gasteiger partial charge in [-0.3, -0.25) is 4.79 Å². The third kappa shape index (κ3) is 5.44. The van der Waals surface area contributed by atoms with Crippen LogP contribution in [0.1, 0.15) is 65.0 Å². The van der Waals surface area contributed by atoms with Crippen molar-refractivity contribution in [2.24, 2.45) is 0 Å². The molecule has 38 heavy (non-hydrogen) atoms. The number of hydrogen-bond acceptors (Lipinski definition) is 7. The van der Waals surface area contributed by atoms with Crippen molar-refractivity contribution in [2.75, 3.05) is 18.1 Å². The Labute approximate surface area is 239 Å². The lowest BCUT2D eigenvalue weighted by molar-refractivity contribution is -0.137. The van der Waals surface area contributed by atoms with Gasteiger partial charge < -0.3 is 14.4 Å². The number of thioether (sulfide) groups is 2. The molecule has 0 saturated carbocycles. The summed E-state index contributed by atoms with van der Waals surface area (Å²) in [6.45, 7) is 10.6. The van der Waals surface area contributed by atoms with Gasteiger partial charge in [-0.15, -0.1) is 0 Å². The number of amides is 1. The third-order valence-corrected chi connectivity index (χ3v) is 9.75. The van der Waals surface area contributed by atoms with Crippen molar-refractivity contribution >= 4 is 68.6 Å². The fraction of sp³-hybridized carbons (Fsp3) is 0.367. The van der Waals surface area contributed by atoms with E-state index in [2.05, 4.69) is 6.92 Å². The molecule has 2 aromatic rings. The molecule has 0 bridgehead atoms. The summed E-state index contributed by atoms with van der Waals surface area (Å²) in [5.74, 6) is 0.415. The van der Waals surface area contributed by atoms with E-state index in [9.17, 15) is 9.59 Å². The zero-order valence-electron chi connectivity index (χ0n) is 22.5. The Bertz CT molecular complexity index is 1310. The average Bonchev–Trinajstić information content (AvgIpc) is 3.34. The van der Waals surface area contributed by atoms with Crippen LogP contribution in [-0.2, 0) is 14.3 Å². The van der Waals surface area contributed by atoms with Gasteiger partial charge in [0, 0.05) is 22.5 Å². The van der Waals surface area contributed by atoms with Crippen molar-refractivity contribution in [1.29, 1.82) is 0 Å². The van der Waals surface area contributed by atoms with E-state index in [-0.39, 0.29) is 11.9 Å². The predicted octanol–water partition coefficient (Wildman–Crippen LogP) is 7.85. The third-order valence-electron chi connectivity index (χ3n) is 6.42. The van der Waals surface area contributed by atoms with E-state index >= 15 is 0 Å². The molecule has 0 radical (unpaired) electrons. The summed E-state index contributed by atoms with van der Waals surface area (Å²) < 4.78 is 12.2. The Morgan fingerprint density at radius 2 is 1.74 bits per heavy atom. The van der Waals surface area contributed by atoms with Crippen LogP contribution in [0.15, 0.2) is 57.7 Å². The largest absolute Gasteiger partial charge is 0.494 e. The molecule has 0 aliphatic carbocycles. The second kappa shape index (κ2) is 12.1. The molecular formula is C30H33NO4S3. The van der Waals surface area contributed by atoms with Gasteiger partial charge in [0.1, 0.15) is 10.7 Å². The molecule has 1 amide bonds. The van der Waals surface area contributed by atoms with Crippen molar-refractivity contribution in [3.8, 4) is 5.75 Å². The molecule has 2 aliphatic heterocycles. The fourth-order valence-corrected chi connectivity index (χ4v) is 7.73. The van der Waals surface area contributed by atoms with Crippen LogP contribution in [0.5, 0.6) is 5.75 Å². The molecule has 0 saturated heterocycles. The molecule has 5 nitrogen and oxygen atoms in total. The molecule has 0 aromatic heterocycles. The number of esters is 1. The molecule has 8 heteroatoms. The van der Waals surface area contributed by atoms with Crippen LogP contribution in [-0.4, -0.2) is 35.5 Å². The summed E-state index contributed by atoms with van der Waals surface area (Å²) in [4.78, 5) is 30.5. The van der Waals surface area contributed by atoms with Crippen molar-refractivity contribution in [3.63, 3.8) is 0 Å². The number of unbranched alkanes of at least 4 members (excludes halogenated alkanes) is 1. The second-order valence-electron chi connectivity index (χ2n) is 9.44. The number of hydrogen-bond donors (Lipinski definition) is 0. The first-order valence-corrected chi connectivity index (χ1v) is 15.0. The zero-order chi connectivity index (χ0) is 27.4. The van der Waals surface area contributed by atoms with Gasteiger partial charge >= 0.3 is 5.97 Å². The van der Waals surface area contributed by atoms with E-state index in [1.54, 1.807) is 6.92 Å². The van der Waals surface area contributed by atoms with Gasteiger partial charge in [-0.2, -0.15) is 0 Å². The quantitative estimate of drug-likeness (QED) is 0.183. The van der Waals surface area contributed by atoms with E-state index in [1.165, 1.54) is 23.5 Å². The van der Waals surface area contributed by atoms with Crippen LogP contribution in [0, 0.1) is 0 Å². The van der Waals surface area contributed by atoms with Crippen LogP contribution in [0.4, 0.5) is 5.69 Å². The number of benzene rings is 2. The van der Waals surface area contributed by atoms with Gasteiger partial charge in [-0.1, -0.05) is 79.4 Å². The maximum atomic E-state index is 13.5. The number of thiocarbonyl (C=S) groups is 1. The van der Waals surface area contributed by atoms with Crippen LogP contribution in [0.2, 0.25) is 0 Å². The van der Waals surface area contributed by atoms with Gasteiger partial charge in [-0.05, 0) is 57.9 Å². The maximum absolute atomic E-state index is 13.5. The molecule has 2 aliphatic rings. The van der Waals surface area contributed by atoms with E-state index in [0.29, 0.717) is 35.2 Å². The number of rotatable bonds is 8. The molecule has 4 rings (SSSR count). The molecule has 200 valence electrons. The number of anilines is 1. The van der Waals surface area contributed by atoms with E-state index < -0.39 is 5.54 Å². The Morgan fingerprint density at radius 1 is 1.00 bits per heavy atom. The summed E-state index contributed by atoms with van der Waals surface area (Å²) in [5, 5.41) is 0. The first kappa shape index (κ1) is 28.5. The number of ether oxygens (including phenoxy) is 2. The molecule has 0 atom stereocenters. The van der Waals surface area contributed by atoms with Crippen LogP contribution < -0.4 is 9.64 Å². The normalized spacial score (nSPS) is 18.4. The van der Waals surface area contributed by atoms with Crippen molar-refractivity contribution in [3.05, 3.63) is 68.8 Å². The lowest BCUT2D eigenvalue weighted by Gasteiger charge is -2.45. The first-order valence-electron chi connectivity index (χ1n) is 13.0. The minimum Gasteiger partial charge on any atom is -0.494 e. The number of fused-ring (bicyclic) bond motifs is 1. The van der Waals surface area contributed by atoms with Crippen molar-refractivity contribution in [2.45, 2.75) is 59.4 Å². The van der Waals surface area contributed by atoms with Gasteiger partial charge in [0.05, 0.1) is 33.5 Å². The highest BCUT2D eigenvalue weighted by atomic mass is 32.2. The molecule has 2 aromatic carbocycles. The topological polar surface area (TPSA) is 55.8 Å². The highest BCUT2D eigenvalue weighted by molar-refractivity contribution is 8.32. The van der Waals surface area contributed by atoms with Gasteiger partial charge in [0.15, 0.2) is 0 Å². The molecular weight excluding hydrogens is 535 g/mol. The van der Waals surface area contributed by atoms with Gasteiger partial charge in [0.2, 0.25) is 5.91 Å². The molecule has 0 fully saturated rings. The predicted molar refractivity (Wildman–Crippen MR) is 163 cm³/mol. The first-order chi connectivity index (χ1) is 18.2. The lowest BCUT2D eigenvalue weighted by atomic mass is 9.83. The minimum absolute atomic E-state index is 0.0516. The number of nitrogens with zero attached hydrogens (tertiary/aromatic N) is 1. The van der Waals surface area contributed by atoms with Gasteiger partial charge in [-0.25, -0.2) is 4.79 Å². The Hall–Kier alpha value is -2.55. The summed E-state index contributed by atoms with van der Waals surface area (Å²) >= 11 is 9.08. The maximum Gasteiger partial charge on any atom is 0.346 e. The zero-order valence-corrected chi connectivity index (χ0v) is 24.9. The van der Waals surface area contributed by atoms with Crippen molar-refractivity contribution < 1.29 is 19.1 Å². The SMILES string of the molecule is CCCCC(=O)N1c2ccc(OCC)cc2C(=C2SC(C(=O)OCC)=C(c3ccccc3)S2)C(=S)C1(C)C. The van der Waals surface area contributed by atoms with E-state index in [1.807, 2.05) is 74.2 Å². The fourth-order valence-electron chi connectivity index (χ4n) is 4.60.